The lowest BCUT2D eigenvalue weighted by molar-refractivity contribution is 0.580. The molecule has 0 heterocycles. The standard InChI is InChI=1S/C16H16N2O2S/c1-13-5-4-6-14(9-13)11-18-21(19,20)12-16-8-3-2-7-15(16)10-17/h2-9,18H,11-12H2,1H3. The van der Waals surface area contributed by atoms with Crippen molar-refractivity contribution < 1.29 is 8.42 Å². The minimum Gasteiger partial charge on any atom is -0.212 e. The van der Waals surface area contributed by atoms with Crippen LogP contribution in [0.3, 0.4) is 0 Å². The van der Waals surface area contributed by atoms with E-state index in [0.717, 1.165) is 11.1 Å². The smallest absolute Gasteiger partial charge is 0.212 e. The summed E-state index contributed by atoms with van der Waals surface area (Å²) in [7, 11) is -3.48. The molecule has 0 aliphatic carbocycles. The third-order valence-corrected chi connectivity index (χ3v) is 4.34. The summed E-state index contributed by atoms with van der Waals surface area (Å²) in [5.41, 5.74) is 2.89. The predicted molar refractivity (Wildman–Crippen MR) is 81.8 cm³/mol. The molecule has 4 nitrogen and oxygen atoms in total. The maximum Gasteiger partial charge on any atom is 0.216 e. The minimum absolute atomic E-state index is 0.192. The Kier molecular flexibility index (Phi) is 4.73. The maximum atomic E-state index is 12.1. The van der Waals surface area contributed by atoms with Crippen LogP contribution < -0.4 is 4.72 Å². The minimum atomic E-state index is -3.48. The van der Waals surface area contributed by atoms with Gasteiger partial charge in [0.25, 0.3) is 0 Å². The van der Waals surface area contributed by atoms with Gasteiger partial charge in [-0.1, -0.05) is 48.0 Å². The average Bonchev–Trinajstić information content (AvgIpc) is 2.46. The second kappa shape index (κ2) is 6.53. The van der Waals surface area contributed by atoms with Gasteiger partial charge in [-0.25, -0.2) is 13.1 Å². The van der Waals surface area contributed by atoms with E-state index in [1.807, 2.05) is 37.3 Å². The van der Waals surface area contributed by atoms with Crippen LogP contribution in [0.2, 0.25) is 0 Å². The van der Waals surface area contributed by atoms with Crippen LogP contribution in [0.25, 0.3) is 0 Å². The highest BCUT2D eigenvalue weighted by atomic mass is 32.2. The molecule has 2 aromatic rings. The number of nitrogens with one attached hydrogen (secondary N) is 1. The summed E-state index contributed by atoms with van der Waals surface area (Å²) < 4.78 is 26.8. The van der Waals surface area contributed by atoms with Crippen LogP contribution in [-0.2, 0) is 22.3 Å². The van der Waals surface area contributed by atoms with Gasteiger partial charge in [0.1, 0.15) is 0 Å². The largest absolute Gasteiger partial charge is 0.216 e. The first-order valence-electron chi connectivity index (χ1n) is 6.51. The second-order valence-corrected chi connectivity index (χ2v) is 6.65. The van der Waals surface area contributed by atoms with Crippen LogP contribution in [0.15, 0.2) is 48.5 Å². The van der Waals surface area contributed by atoms with Gasteiger partial charge in [-0.3, -0.25) is 0 Å². The van der Waals surface area contributed by atoms with Gasteiger partial charge in [-0.15, -0.1) is 0 Å². The number of sulfonamides is 1. The van der Waals surface area contributed by atoms with Gasteiger partial charge < -0.3 is 0 Å². The molecule has 0 aliphatic rings. The van der Waals surface area contributed by atoms with Crippen molar-refractivity contribution in [3.8, 4) is 6.07 Å². The topological polar surface area (TPSA) is 70.0 Å². The van der Waals surface area contributed by atoms with Crippen molar-refractivity contribution in [2.24, 2.45) is 0 Å². The fourth-order valence-electron chi connectivity index (χ4n) is 2.03. The molecule has 5 heteroatoms. The first-order chi connectivity index (χ1) is 10.00. The van der Waals surface area contributed by atoms with Crippen molar-refractivity contribution >= 4 is 10.0 Å². The Morgan fingerprint density at radius 3 is 2.62 bits per heavy atom. The molecule has 0 saturated heterocycles. The van der Waals surface area contributed by atoms with Crippen LogP contribution in [-0.4, -0.2) is 8.42 Å². The van der Waals surface area contributed by atoms with Gasteiger partial charge in [0, 0.05) is 6.54 Å². The van der Waals surface area contributed by atoms with Crippen LogP contribution in [0.5, 0.6) is 0 Å². The molecule has 0 atom stereocenters. The lowest BCUT2D eigenvalue weighted by atomic mass is 10.1. The first kappa shape index (κ1) is 15.2. The quantitative estimate of drug-likeness (QED) is 0.922. The zero-order valence-corrected chi connectivity index (χ0v) is 12.5. The summed E-state index contributed by atoms with van der Waals surface area (Å²) in [6, 6.07) is 16.4. The molecule has 2 aromatic carbocycles. The monoisotopic (exact) mass is 300 g/mol. The third kappa shape index (κ3) is 4.42. The van der Waals surface area contributed by atoms with Gasteiger partial charge >= 0.3 is 0 Å². The second-order valence-electron chi connectivity index (χ2n) is 4.84. The highest BCUT2D eigenvalue weighted by Crippen LogP contribution is 2.11. The zero-order chi connectivity index (χ0) is 15.3. The van der Waals surface area contributed by atoms with Crippen molar-refractivity contribution in [1.29, 1.82) is 5.26 Å². The Balaban J connectivity index is 2.07. The Morgan fingerprint density at radius 2 is 1.90 bits per heavy atom. The molecule has 21 heavy (non-hydrogen) atoms. The van der Waals surface area contributed by atoms with E-state index >= 15 is 0 Å². The highest BCUT2D eigenvalue weighted by Gasteiger charge is 2.13. The molecular weight excluding hydrogens is 284 g/mol. The van der Waals surface area contributed by atoms with Crippen LogP contribution in [0, 0.1) is 18.3 Å². The van der Waals surface area contributed by atoms with Crippen LogP contribution in [0.1, 0.15) is 22.3 Å². The van der Waals surface area contributed by atoms with Crippen molar-refractivity contribution in [3.05, 3.63) is 70.8 Å². The molecule has 0 spiro atoms. The first-order valence-corrected chi connectivity index (χ1v) is 8.16. The van der Waals surface area contributed by atoms with Crippen molar-refractivity contribution in [1.82, 2.24) is 4.72 Å². The number of rotatable bonds is 5. The zero-order valence-electron chi connectivity index (χ0n) is 11.7. The molecule has 0 aliphatic heterocycles. The Bertz CT molecular complexity index is 777. The van der Waals surface area contributed by atoms with Gasteiger partial charge in [-0.2, -0.15) is 5.26 Å². The average molecular weight is 300 g/mol. The molecule has 108 valence electrons. The molecule has 0 unspecified atom stereocenters. The fourth-order valence-corrected chi connectivity index (χ4v) is 3.18. The van der Waals surface area contributed by atoms with E-state index in [2.05, 4.69) is 4.72 Å². The molecular formula is C16H16N2O2S. The molecule has 0 amide bonds. The molecule has 0 saturated carbocycles. The molecule has 0 bridgehead atoms. The van der Waals surface area contributed by atoms with Gasteiger partial charge in [0.2, 0.25) is 10.0 Å². The Morgan fingerprint density at radius 1 is 1.14 bits per heavy atom. The maximum absolute atomic E-state index is 12.1. The molecule has 1 N–H and O–H groups in total. The van der Waals surface area contributed by atoms with E-state index in [1.54, 1.807) is 24.3 Å². The number of nitriles is 1. The molecule has 0 fully saturated rings. The van der Waals surface area contributed by atoms with Gasteiger partial charge in [0.15, 0.2) is 0 Å². The molecule has 0 radical (unpaired) electrons. The van der Waals surface area contributed by atoms with Gasteiger partial charge in [-0.05, 0) is 24.1 Å². The van der Waals surface area contributed by atoms with E-state index in [9.17, 15) is 8.42 Å². The van der Waals surface area contributed by atoms with E-state index in [-0.39, 0.29) is 12.3 Å². The summed E-state index contributed by atoms with van der Waals surface area (Å²) >= 11 is 0. The van der Waals surface area contributed by atoms with E-state index < -0.39 is 10.0 Å². The number of nitrogens with zero attached hydrogens (tertiary/aromatic N) is 1. The highest BCUT2D eigenvalue weighted by molar-refractivity contribution is 7.88. The third-order valence-electron chi connectivity index (χ3n) is 3.06. The number of benzene rings is 2. The predicted octanol–water partition coefficient (Wildman–Crippen LogP) is 2.49. The van der Waals surface area contributed by atoms with Crippen molar-refractivity contribution in [3.63, 3.8) is 0 Å². The number of aryl methyl sites for hydroxylation is 1. The normalized spacial score (nSPS) is 11.0. The van der Waals surface area contributed by atoms with Gasteiger partial charge in [0.05, 0.1) is 17.4 Å². The SMILES string of the molecule is Cc1cccc(CNS(=O)(=O)Cc2ccccc2C#N)c1. The number of hydrogen-bond donors (Lipinski definition) is 1. The molecule has 2 rings (SSSR count). The van der Waals surface area contributed by atoms with Crippen LogP contribution >= 0.6 is 0 Å². The van der Waals surface area contributed by atoms with Crippen LogP contribution in [0.4, 0.5) is 0 Å². The Hall–Kier alpha value is -2.16. The Labute approximate surface area is 125 Å². The molecule has 0 aromatic heterocycles. The van der Waals surface area contributed by atoms with Crippen molar-refractivity contribution in [2.75, 3.05) is 0 Å². The summed E-state index contributed by atoms with van der Waals surface area (Å²) in [6.07, 6.45) is 0. The number of hydrogen-bond acceptors (Lipinski definition) is 3. The summed E-state index contributed by atoms with van der Waals surface area (Å²) in [5.74, 6) is -0.192. The lowest BCUT2D eigenvalue weighted by Gasteiger charge is -2.08. The van der Waals surface area contributed by atoms with E-state index in [4.69, 9.17) is 5.26 Å². The summed E-state index contributed by atoms with van der Waals surface area (Å²) in [4.78, 5) is 0. The van der Waals surface area contributed by atoms with E-state index in [0.29, 0.717) is 11.1 Å². The van der Waals surface area contributed by atoms with E-state index in [1.165, 1.54) is 0 Å². The summed E-state index contributed by atoms with van der Waals surface area (Å²) in [5, 5.41) is 8.99. The fraction of sp³-hybridized carbons (Fsp3) is 0.188. The summed E-state index contributed by atoms with van der Waals surface area (Å²) in [6.45, 7) is 2.21. The van der Waals surface area contributed by atoms with Crippen molar-refractivity contribution in [2.45, 2.75) is 19.2 Å². The lowest BCUT2D eigenvalue weighted by Crippen LogP contribution is -2.25.